The Hall–Kier alpha value is -1.70. The Morgan fingerprint density at radius 2 is 2.16 bits per heavy atom. The number of nitrogens with zero attached hydrogens (tertiary/aromatic N) is 1. The molecule has 19 heavy (non-hydrogen) atoms. The van der Waals surface area contributed by atoms with E-state index in [1.165, 1.54) is 18.2 Å². The van der Waals surface area contributed by atoms with E-state index in [-0.39, 0.29) is 17.8 Å². The Kier molecular flexibility index (Phi) is 5.68. The first-order chi connectivity index (χ1) is 9.01. The lowest BCUT2D eigenvalue weighted by molar-refractivity contribution is -0.385. The Labute approximate surface area is 111 Å². The molecule has 0 aliphatic heterocycles. The maximum atomic E-state index is 10.7. The van der Waals surface area contributed by atoms with E-state index in [0.29, 0.717) is 12.4 Å². The molecule has 2 unspecified atom stereocenters. The topological polar surface area (TPSA) is 105 Å². The van der Waals surface area contributed by atoms with Crippen molar-refractivity contribution in [3.05, 3.63) is 33.9 Å². The molecule has 0 fully saturated rings. The van der Waals surface area contributed by atoms with E-state index in [1.54, 1.807) is 14.0 Å². The van der Waals surface area contributed by atoms with Crippen molar-refractivity contribution in [3.63, 3.8) is 0 Å². The average Bonchev–Trinajstić information content (AvgIpc) is 2.38. The first-order valence-corrected chi connectivity index (χ1v) is 5.93. The summed E-state index contributed by atoms with van der Waals surface area (Å²) in [4.78, 5) is 10.2. The van der Waals surface area contributed by atoms with E-state index in [9.17, 15) is 20.3 Å². The largest absolute Gasteiger partial charge is 0.493 e. The molecule has 1 aromatic rings. The van der Waals surface area contributed by atoms with Crippen molar-refractivity contribution in [3.8, 4) is 5.75 Å². The van der Waals surface area contributed by atoms with E-state index in [0.717, 1.165) is 0 Å². The first kappa shape index (κ1) is 15.4. The number of rotatable bonds is 7. The Morgan fingerprint density at radius 1 is 1.47 bits per heavy atom. The Bertz CT molecular complexity index is 438. The third kappa shape index (κ3) is 3.88. The summed E-state index contributed by atoms with van der Waals surface area (Å²) in [7, 11) is 1.63. The molecule has 7 heteroatoms. The summed E-state index contributed by atoms with van der Waals surface area (Å²) in [6.07, 6.45) is -2.33. The highest BCUT2D eigenvalue weighted by atomic mass is 16.6. The molecule has 0 aliphatic carbocycles. The van der Waals surface area contributed by atoms with Gasteiger partial charge in [0.1, 0.15) is 11.9 Å². The maximum Gasteiger partial charge on any atom is 0.270 e. The van der Waals surface area contributed by atoms with Gasteiger partial charge in [0.15, 0.2) is 0 Å². The maximum absolute atomic E-state index is 10.7. The molecule has 3 N–H and O–H groups in total. The van der Waals surface area contributed by atoms with E-state index < -0.39 is 17.1 Å². The third-order valence-corrected chi connectivity index (χ3v) is 2.60. The molecular formula is C12H18N2O5. The van der Waals surface area contributed by atoms with Crippen molar-refractivity contribution in [2.75, 3.05) is 20.2 Å². The van der Waals surface area contributed by atoms with E-state index in [1.807, 2.05) is 0 Å². The van der Waals surface area contributed by atoms with Crippen molar-refractivity contribution in [2.24, 2.45) is 0 Å². The van der Waals surface area contributed by atoms with Gasteiger partial charge >= 0.3 is 0 Å². The fourth-order valence-electron chi connectivity index (χ4n) is 1.70. The number of aliphatic hydroxyl groups is 2. The monoisotopic (exact) mass is 270 g/mol. The van der Waals surface area contributed by atoms with Crippen molar-refractivity contribution in [1.82, 2.24) is 5.32 Å². The van der Waals surface area contributed by atoms with Gasteiger partial charge in [0.25, 0.3) is 5.69 Å². The van der Waals surface area contributed by atoms with E-state index in [4.69, 9.17) is 4.74 Å². The van der Waals surface area contributed by atoms with Crippen LogP contribution in [0, 0.1) is 10.1 Å². The number of hydrogen-bond acceptors (Lipinski definition) is 6. The molecule has 0 bridgehead atoms. The van der Waals surface area contributed by atoms with Crippen LogP contribution in [0.3, 0.4) is 0 Å². The van der Waals surface area contributed by atoms with Crippen LogP contribution in [0.15, 0.2) is 18.2 Å². The standard InChI is InChI=1S/C12H18N2O5/c1-3-19-11-5-4-8(14(17)18)6-9(11)12(16)10(15)7-13-2/h4-6,10,12-13,15-16H,3,7H2,1-2H3. The van der Waals surface area contributed by atoms with Crippen molar-refractivity contribution in [2.45, 2.75) is 19.1 Å². The van der Waals surface area contributed by atoms with Crippen LogP contribution in [-0.2, 0) is 0 Å². The molecule has 1 rings (SSSR count). The van der Waals surface area contributed by atoms with Crippen LogP contribution in [0.1, 0.15) is 18.6 Å². The minimum atomic E-state index is -1.26. The highest BCUT2D eigenvalue weighted by molar-refractivity contribution is 5.45. The van der Waals surface area contributed by atoms with Crippen molar-refractivity contribution < 1.29 is 19.9 Å². The van der Waals surface area contributed by atoms with Crippen LogP contribution in [-0.4, -0.2) is 41.4 Å². The fourth-order valence-corrected chi connectivity index (χ4v) is 1.70. The summed E-state index contributed by atoms with van der Waals surface area (Å²) >= 11 is 0. The molecule has 2 atom stereocenters. The second kappa shape index (κ2) is 7.03. The summed E-state index contributed by atoms with van der Waals surface area (Å²) in [5, 5.41) is 33.3. The molecule has 0 saturated heterocycles. The summed E-state index contributed by atoms with van der Waals surface area (Å²) in [6, 6.07) is 3.94. The van der Waals surface area contributed by atoms with Crippen molar-refractivity contribution in [1.29, 1.82) is 0 Å². The highest BCUT2D eigenvalue weighted by Gasteiger charge is 2.23. The quantitative estimate of drug-likeness (QED) is 0.495. The first-order valence-electron chi connectivity index (χ1n) is 5.93. The van der Waals surface area contributed by atoms with Crippen LogP contribution in [0.5, 0.6) is 5.75 Å². The SMILES string of the molecule is CCOc1ccc([N+](=O)[O-])cc1C(O)C(O)CNC. The average molecular weight is 270 g/mol. The molecule has 0 aliphatic rings. The molecule has 0 saturated carbocycles. The number of nitro groups is 1. The number of non-ortho nitro benzene ring substituents is 1. The van der Waals surface area contributed by atoms with Gasteiger partial charge in [0.2, 0.25) is 0 Å². The Balaban J connectivity index is 3.12. The molecule has 1 aromatic carbocycles. The van der Waals surface area contributed by atoms with Crippen LogP contribution >= 0.6 is 0 Å². The van der Waals surface area contributed by atoms with Gasteiger partial charge < -0.3 is 20.3 Å². The number of aliphatic hydroxyl groups excluding tert-OH is 2. The smallest absolute Gasteiger partial charge is 0.270 e. The predicted octanol–water partition coefficient (Wildman–Crippen LogP) is 0.607. The number of nitrogens with one attached hydrogen (secondary N) is 1. The molecule has 0 spiro atoms. The molecule has 0 radical (unpaired) electrons. The highest BCUT2D eigenvalue weighted by Crippen LogP contribution is 2.31. The van der Waals surface area contributed by atoms with E-state index >= 15 is 0 Å². The zero-order valence-corrected chi connectivity index (χ0v) is 10.9. The molecular weight excluding hydrogens is 252 g/mol. The lowest BCUT2D eigenvalue weighted by Gasteiger charge is -2.20. The van der Waals surface area contributed by atoms with Gasteiger partial charge in [-0.1, -0.05) is 0 Å². The van der Waals surface area contributed by atoms with Gasteiger partial charge in [-0.2, -0.15) is 0 Å². The number of benzene rings is 1. The minimum Gasteiger partial charge on any atom is -0.493 e. The van der Waals surface area contributed by atoms with Crippen molar-refractivity contribution >= 4 is 5.69 Å². The van der Waals surface area contributed by atoms with Crippen LogP contribution in [0.25, 0.3) is 0 Å². The summed E-state index contributed by atoms with van der Waals surface area (Å²) in [5.41, 5.74) is 0.0490. The van der Waals surface area contributed by atoms with Gasteiger partial charge in [-0.05, 0) is 20.0 Å². The fraction of sp³-hybridized carbons (Fsp3) is 0.500. The van der Waals surface area contributed by atoms with Gasteiger partial charge in [-0.3, -0.25) is 10.1 Å². The van der Waals surface area contributed by atoms with Gasteiger partial charge in [0, 0.05) is 24.2 Å². The lowest BCUT2D eigenvalue weighted by atomic mass is 10.0. The molecule has 106 valence electrons. The zero-order valence-electron chi connectivity index (χ0n) is 10.9. The van der Waals surface area contributed by atoms with Crippen LogP contribution in [0.2, 0.25) is 0 Å². The van der Waals surface area contributed by atoms with Gasteiger partial charge in [-0.25, -0.2) is 0 Å². The van der Waals surface area contributed by atoms with Gasteiger partial charge in [-0.15, -0.1) is 0 Å². The normalized spacial score (nSPS) is 13.9. The number of nitro benzene ring substituents is 1. The number of likely N-dealkylation sites (N-methyl/N-ethyl adjacent to an activating group) is 1. The molecule has 0 aromatic heterocycles. The summed E-state index contributed by atoms with van der Waals surface area (Å²) in [5.74, 6) is 0.329. The second-order valence-corrected chi connectivity index (χ2v) is 3.98. The third-order valence-electron chi connectivity index (χ3n) is 2.60. The van der Waals surface area contributed by atoms with Crippen LogP contribution in [0.4, 0.5) is 5.69 Å². The number of hydrogen-bond donors (Lipinski definition) is 3. The van der Waals surface area contributed by atoms with Gasteiger partial charge in [0.05, 0.1) is 17.6 Å². The van der Waals surface area contributed by atoms with Crippen LogP contribution < -0.4 is 10.1 Å². The lowest BCUT2D eigenvalue weighted by Crippen LogP contribution is -2.29. The second-order valence-electron chi connectivity index (χ2n) is 3.98. The summed E-state index contributed by atoms with van der Waals surface area (Å²) in [6.45, 7) is 2.29. The molecule has 7 nitrogen and oxygen atoms in total. The summed E-state index contributed by atoms with van der Waals surface area (Å²) < 4.78 is 5.31. The van der Waals surface area contributed by atoms with E-state index in [2.05, 4.69) is 5.32 Å². The Morgan fingerprint density at radius 3 is 2.68 bits per heavy atom. The molecule has 0 amide bonds. The zero-order chi connectivity index (χ0) is 14.4. The minimum absolute atomic E-state index is 0.158. The predicted molar refractivity (Wildman–Crippen MR) is 69.2 cm³/mol. The number of ether oxygens (including phenoxy) is 1. The molecule has 0 heterocycles.